The van der Waals surface area contributed by atoms with Crippen LogP contribution < -0.4 is 5.32 Å². The van der Waals surface area contributed by atoms with Crippen molar-refractivity contribution in [2.24, 2.45) is 0 Å². The van der Waals surface area contributed by atoms with Gasteiger partial charge in [0.05, 0.1) is 5.56 Å². The van der Waals surface area contributed by atoms with Crippen molar-refractivity contribution in [1.82, 2.24) is 15.2 Å². The second kappa shape index (κ2) is 8.22. The zero-order valence-corrected chi connectivity index (χ0v) is 11.5. The van der Waals surface area contributed by atoms with Gasteiger partial charge in [-0.25, -0.2) is 4.98 Å². The Bertz CT molecular complexity index is 432. The number of hydrogen-bond donors (Lipinski definition) is 1. The zero-order valence-electron chi connectivity index (χ0n) is 11.5. The Hall–Kier alpha value is -1.93. The van der Waals surface area contributed by atoms with Crippen LogP contribution in [0.1, 0.15) is 36.3 Å². The highest BCUT2D eigenvalue weighted by Crippen LogP contribution is 1.99. The summed E-state index contributed by atoms with van der Waals surface area (Å²) < 4.78 is 0. The minimum atomic E-state index is -0.142. The van der Waals surface area contributed by atoms with Crippen molar-refractivity contribution in [3.8, 4) is 6.07 Å². The quantitative estimate of drug-likeness (QED) is 0.753. The standard InChI is InChI=1S/C14H20N4O/c1-3-18(4-2)9-5-8-16-14(19)12-6-7-13(10-15)17-11-12/h6-7,11H,3-5,8-9H2,1-2H3,(H,16,19). The molecule has 5 nitrogen and oxygen atoms in total. The molecule has 0 saturated heterocycles. The van der Waals surface area contributed by atoms with Crippen LogP contribution >= 0.6 is 0 Å². The fourth-order valence-electron chi connectivity index (χ4n) is 1.74. The maximum absolute atomic E-state index is 11.8. The molecule has 19 heavy (non-hydrogen) atoms. The third kappa shape index (κ3) is 5.06. The van der Waals surface area contributed by atoms with Crippen LogP contribution in [0.25, 0.3) is 0 Å². The van der Waals surface area contributed by atoms with E-state index in [1.54, 1.807) is 12.1 Å². The Morgan fingerprint density at radius 1 is 1.42 bits per heavy atom. The minimum Gasteiger partial charge on any atom is -0.352 e. The lowest BCUT2D eigenvalue weighted by Crippen LogP contribution is -2.29. The van der Waals surface area contributed by atoms with Crippen molar-refractivity contribution >= 4 is 5.91 Å². The summed E-state index contributed by atoms with van der Waals surface area (Å²) in [6.07, 6.45) is 2.36. The Morgan fingerprint density at radius 2 is 2.16 bits per heavy atom. The molecule has 1 rings (SSSR count). The summed E-state index contributed by atoms with van der Waals surface area (Å²) in [6, 6.07) is 5.09. The number of amides is 1. The van der Waals surface area contributed by atoms with E-state index in [-0.39, 0.29) is 5.91 Å². The predicted molar refractivity (Wildman–Crippen MR) is 73.7 cm³/mol. The average molecular weight is 260 g/mol. The van der Waals surface area contributed by atoms with Crippen LogP contribution in [-0.4, -0.2) is 42.0 Å². The molecule has 1 N–H and O–H groups in total. The van der Waals surface area contributed by atoms with Crippen LogP contribution in [0.15, 0.2) is 18.3 Å². The van der Waals surface area contributed by atoms with Gasteiger partial charge in [0.25, 0.3) is 5.91 Å². The van der Waals surface area contributed by atoms with Gasteiger partial charge in [-0.05, 0) is 38.2 Å². The Balaban J connectivity index is 2.33. The second-order valence-electron chi connectivity index (χ2n) is 4.18. The molecule has 0 aromatic carbocycles. The smallest absolute Gasteiger partial charge is 0.252 e. The molecule has 0 fully saturated rings. The number of nitrogens with one attached hydrogen (secondary N) is 1. The molecule has 0 aliphatic rings. The van der Waals surface area contributed by atoms with E-state index in [1.807, 2.05) is 6.07 Å². The van der Waals surface area contributed by atoms with Crippen LogP contribution in [0.5, 0.6) is 0 Å². The van der Waals surface area contributed by atoms with Gasteiger partial charge in [0.2, 0.25) is 0 Å². The first-order chi connectivity index (χ1) is 9.21. The van der Waals surface area contributed by atoms with Crippen molar-refractivity contribution in [2.45, 2.75) is 20.3 Å². The van der Waals surface area contributed by atoms with Crippen molar-refractivity contribution in [3.63, 3.8) is 0 Å². The van der Waals surface area contributed by atoms with Gasteiger partial charge in [-0.1, -0.05) is 13.8 Å². The van der Waals surface area contributed by atoms with Gasteiger partial charge in [-0.15, -0.1) is 0 Å². The fraction of sp³-hybridized carbons (Fsp3) is 0.500. The number of rotatable bonds is 7. The molecule has 0 aliphatic carbocycles. The number of carbonyl (C=O) groups excluding carboxylic acids is 1. The first kappa shape index (κ1) is 15.1. The van der Waals surface area contributed by atoms with Crippen LogP contribution in [0.2, 0.25) is 0 Å². The zero-order chi connectivity index (χ0) is 14.1. The molecule has 1 aromatic rings. The molecule has 1 amide bonds. The van der Waals surface area contributed by atoms with Crippen LogP contribution in [0.4, 0.5) is 0 Å². The van der Waals surface area contributed by atoms with Gasteiger partial charge in [-0.2, -0.15) is 5.26 Å². The van der Waals surface area contributed by atoms with Gasteiger partial charge in [-0.3, -0.25) is 4.79 Å². The lowest BCUT2D eigenvalue weighted by Gasteiger charge is -2.17. The number of nitriles is 1. The van der Waals surface area contributed by atoms with Crippen LogP contribution in [0.3, 0.4) is 0 Å². The molecule has 0 bridgehead atoms. The van der Waals surface area contributed by atoms with Gasteiger partial charge in [0.1, 0.15) is 11.8 Å². The van der Waals surface area contributed by atoms with E-state index < -0.39 is 0 Å². The van der Waals surface area contributed by atoms with Crippen molar-refractivity contribution in [2.75, 3.05) is 26.2 Å². The topological polar surface area (TPSA) is 69.0 Å². The molecular formula is C14H20N4O. The molecule has 0 spiro atoms. The lowest BCUT2D eigenvalue weighted by atomic mass is 10.2. The molecule has 0 unspecified atom stereocenters. The summed E-state index contributed by atoms with van der Waals surface area (Å²) in [7, 11) is 0. The minimum absolute atomic E-state index is 0.142. The number of carbonyl (C=O) groups is 1. The van der Waals surface area contributed by atoms with E-state index >= 15 is 0 Å². The van der Waals surface area contributed by atoms with Gasteiger partial charge in [0.15, 0.2) is 0 Å². The molecule has 0 atom stereocenters. The highest BCUT2D eigenvalue weighted by molar-refractivity contribution is 5.93. The van der Waals surface area contributed by atoms with E-state index in [9.17, 15) is 4.79 Å². The van der Waals surface area contributed by atoms with Crippen molar-refractivity contribution in [3.05, 3.63) is 29.6 Å². The fourth-order valence-corrected chi connectivity index (χ4v) is 1.74. The number of hydrogen-bond acceptors (Lipinski definition) is 4. The second-order valence-corrected chi connectivity index (χ2v) is 4.18. The van der Waals surface area contributed by atoms with E-state index in [0.29, 0.717) is 17.8 Å². The van der Waals surface area contributed by atoms with Crippen LogP contribution in [-0.2, 0) is 0 Å². The van der Waals surface area contributed by atoms with Crippen molar-refractivity contribution in [1.29, 1.82) is 5.26 Å². The lowest BCUT2D eigenvalue weighted by molar-refractivity contribution is 0.0951. The van der Waals surface area contributed by atoms with Gasteiger partial charge >= 0.3 is 0 Å². The molecule has 102 valence electrons. The Labute approximate surface area is 114 Å². The molecule has 1 heterocycles. The van der Waals surface area contributed by atoms with Crippen LogP contribution in [0, 0.1) is 11.3 Å². The highest BCUT2D eigenvalue weighted by Gasteiger charge is 2.05. The maximum Gasteiger partial charge on any atom is 0.252 e. The third-order valence-electron chi connectivity index (χ3n) is 2.97. The van der Waals surface area contributed by atoms with Crippen molar-refractivity contribution < 1.29 is 4.79 Å². The largest absolute Gasteiger partial charge is 0.352 e. The average Bonchev–Trinajstić information content (AvgIpc) is 2.47. The monoisotopic (exact) mass is 260 g/mol. The van der Waals surface area contributed by atoms with E-state index in [1.165, 1.54) is 6.20 Å². The first-order valence-electron chi connectivity index (χ1n) is 6.58. The summed E-state index contributed by atoms with van der Waals surface area (Å²) >= 11 is 0. The summed E-state index contributed by atoms with van der Waals surface area (Å²) in [4.78, 5) is 18.0. The number of pyridine rings is 1. The summed E-state index contributed by atoms with van der Waals surface area (Å²) in [5, 5.41) is 11.5. The molecule has 0 saturated carbocycles. The number of aromatic nitrogens is 1. The molecule has 1 aromatic heterocycles. The highest BCUT2D eigenvalue weighted by atomic mass is 16.1. The molecule has 0 radical (unpaired) electrons. The normalized spacial score (nSPS) is 10.2. The third-order valence-corrected chi connectivity index (χ3v) is 2.97. The van der Waals surface area contributed by atoms with Gasteiger partial charge < -0.3 is 10.2 Å². The van der Waals surface area contributed by atoms with E-state index in [0.717, 1.165) is 26.1 Å². The summed E-state index contributed by atoms with van der Waals surface area (Å²) in [5.41, 5.74) is 0.805. The maximum atomic E-state index is 11.8. The summed E-state index contributed by atoms with van der Waals surface area (Å²) in [6.45, 7) is 7.96. The molecule has 5 heteroatoms. The number of nitrogens with zero attached hydrogens (tertiary/aromatic N) is 3. The first-order valence-corrected chi connectivity index (χ1v) is 6.58. The molecule has 0 aliphatic heterocycles. The Morgan fingerprint density at radius 3 is 2.68 bits per heavy atom. The van der Waals surface area contributed by atoms with E-state index in [2.05, 4.69) is 29.0 Å². The SMILES string of the molecule is CCN(CC)CCCNC(=O)c1ccc(C#N)nc1. The van der Waals surface area contributed by atoms with Gasteiger partial charge in [0, 0.05) is 12.7 Å². The summed E-state index contributed by atoms with van der Waals surface area (Å²) in [5.74, 6) is -0.142. The van der Waals surface area contributed by atoms with E-state index in [4.69, 9.17) is 5.26 Å². The molecular weight excluding hydrogens is 240 g/mol. The predicted octanol–water partition coefficient (Wildman–Crippen LogP) is 1.41. The Kier molecular flexibility index (Phi) is 6.55.